The maximum atomic E-state index is 13.7. The smallest absolute Gasteiger partial charge is 0.408 e. The molecule has 1 aromatic carbocycles. The number of alkyl halides is 1. The second-order valence-electron chi connectivity index (χ2n) is 5.66. The monoisotopic (exact) mass is 395 g/mol. The molecule has 0 spiro atoms. The van der Waals surface area contributed by atoms with Gasteiger partial charge in [-0.15, -0.1) is 0 Å². The molecular formula is C15H11BrFN3O4. The maximum Gasteiger partial charge on any atom is 0.408 e. The average molecular weight is 396 g/mol. The minimum Gasteiger partial charge on any atom is -0.465 e. The number of hydrogen-bond acceptors (Lipinski definition) is 4. The molecule has 1 aliphatic rings. The molecule has 1 amide bonds. The van der Waals surface area contributed by atoms with E-state index in [1.165, 1.54) is 0 Å². The molecule has 2 N–H and O–H groups in total. The zero-order chi connectivity index (χ0) is 17.0. The summed E-state index contributed by atoms with van der Waals surface area (Å²) in [5, 5.41) is 9.86. The zero-order valence-corrected chi connectivity index (χ0v) is 13.7. The Morgan fingerprint density at radius 1 is 1.50 bits per heavy atom. The molecule has 9 heteroatoms. The third-order valence-corrected chi connectivity index (χ3v) is 4.61. The van der Waals surface area contributed by atoms with Gasteiger partial charge in [-0.1, -0.05) is 15.9 Å². The highest BCUT2D eigenvalue weighted by Crippen LogP contribution is 2.33. The number of amides is 1. The molecule has 4 rings (SSSR count). The lowest BCUT2D eigenvalue weighted by molar-refractivity contribution is 0.136. The minimum atomic E-state index is -1.29. The van der Waals surface area contributed by atoms with Gasteiger partial charge in [0, 0.05) is 16.3 Å². The molecule has 3 aromatic rings. The number of likely N-dealkylation sites (tertiary alicyclic amines) is 1. The van der Waals surface area contributed by atoms with Crippen molar-refractivity contribution in [3.8, 4) is 0 Å². The van der Waals surface area contributed by atoms with Gasteiger partial charge in [-0.3, -0.25) is 9.69 Å². The molecule has 0 bridgehead atoms. The highest BCUT2D eigenvalue weighted by atomic mass is 79.9. The Labute approximate surface area is 142 Å². The van der Waals surface area contributed by atoms with Crippen LogP contribution in [0.5, 0.6) is 0 Å². The minimum absolute atomic E-state index is 0.0414. The molecule has 2 aromatic heterocycles. The molecule has 1 fully saturated rings. The summed E-state index contributed by atoms with van der Waals surface area (Å²) in [7, 11) is 0. The van der Waals surface area contributed by atoms with Crippen molar-refractivity contribution in [3.05, 3.63) is 38.9 Å². The molecule has 124 valence electrons. The Balaban J connectivity index is 1.94. The van der Waals surface area contributed by atoms with Crippen LogP contribution in [0.25, 0.3) is 22.1 Å². The number of halogens is 2. The van der Waals surface area contributed by atoms with Crippen molar-refractivity contribution >= 4 is 44.1 Å². The quantitative estimate of drug-likeness (QED) is 0.658. The molecule has 1 aliphatic heterocycles. The van der Waals surface area contributed by atoms with E-state index in [4.69, 9.17) is 4.42 Å². The van der Waals surface area contributed by atoms with Gasteiger partial charge in [0.05, 0.1) is 12.6 Å². The predicted molar refractivity (Wildman–Crippen MR) is 86.8 cm³/mol. The van der Waals surface area contributed by atoms with Gasteiger partial charge < -0.3 is 14.5 Å². The number of hydrogen-bond donors (Lipinski definition) is 2. The first-order chi connectivity index (χ1) is 11.4. The summed E-state index contributed by atoms with van der Waals surface area (Å²) in [6.45, 7) is -0.237. The van der Waals surface area contributed by atoms with E-state index in [0.717, 1.165) is 9.37 Å². The summed E-state index contributed by atoms with van der Waals surface area (Å²) in [6.07, 6.45) is -2.58. The highest BCUT2D eigenvalue weighted by molar-refractivity contribution is 9.10. The van der Waals surface area contributed by atoms with Crippen molar-refractivity contribution in [3.63, 3.8) is 0 Å². The number of H-pyrrole nitrogens is 1. The molecule has 0 radical (unpaired) electrons. The first-order valence-electron chi connectivity index (χ1n) is 7.19. The molecule has 7 nitrogen and oxygen atoms in total. The molecule has 0 saturated carbocycles. The van der Waals surface area contributed by atoms with Crippen LogP contribution in [0.2, 0.25) is 0 Å². The Bertz CT molecular complexity index is 1030. The maximum absolute atomic E-state index is 13.7. The Morgan fingerprint density at radius 2 is 2.29 bits per heavy atom. The number of nitrogens with one attached hydrogen (secondary N) is 1. The number of carbonyl (C=O) groups is 1. The van der Waals surface area contributed by atoms with Crippen LogP contribution >= 0.6 is 15.9 Å². The topological polar surface area (TPSA) is 99.4 Å². The van der Waals surface area contributed by atoms with Crippen molar-refractivity contribution in [2.24, 2.45) is 0 Å². The van der Waals surface area contributed by atoms with Crippen LogP contribution in [0.3, 0.4) is 0 Å². The molecule has 2 atom stereocenters. The summed E-state index contributed by atoms with van der Waals surface area (Å²) >= 11 is 3.35. The second-order valence-corrected chi connectivity index (χ2v) is 6.57. The first kappa shape index (κ1) is 15.1. The number of rotatable bonds is 1. The lowest BCUT2D eigenvalue weighted by Crippen LogP contribution is -2.31. The molecule has 2 unspecified atom stereocenters. The van der Waals surface area contributed by atoms with Gasteiger partial charge in [0.25, 0.3) is 5.56 Å². The number of furan rings is 1. The third kappa shape index (κ3) is 2.27. The number of aromatic amines is 1. The molecular weight excluding hydrogens is 385 g/mol. The van der Waals surface area contributed by atoms with Gasteiger partial charge in [0.1, 0.15) is 23.1 Å². The van der Waals surface area contributed by atoms with Crippen LogP contribution in [0.4, 0.5) is 9.18 Å². The van der Waals surface area contributed by atoms with Crippen LogP contribution < -0.4 is 5.56 Å². The molecule has 3 heterocycles. The van der Waals surface area contributed by atoms with E-state index in [1.807, 2.05) is 0 Å². The van der Waals surface area contributed by atoms with E-state index in [1.54, 1.807) is 18.2 Å². The summed E-state index contributed by atoms with van der Waals surface area (Å²) in [5.74, 6) is 0.123. The Hall–Kier alpha value is -2.42. The van der Waals surface area contributed by atoms with Crippen LogP contribution in [-0.2, 0) is 0 Å². The summed E-state index contributed by atoms with van der Waals surface area (Å²) in [5.41, 5.74) is 0.365. The highest BCUT2D eigenvalue weighted by Gasteiger charge is 2.38. The average Bonchev–Trinajstić information content (AvgIpc) is 3.08. The number of carboxylic acid groups (broad SMARTS) is 1. The SMILES string of the molecule is O=C(O)N1CC(F)CC1c1nc2c(oc3ccc(Br)cc32)c(=O)[nH]1. The van der Waals surface area contributed by atoms with Gasteiger partial charge in [-0.2, -0.15) is 0 Å². The first-order valence-corrected chi connectivity index (χ1v) is 7.99. The lowest BCUT2D eigenvalue weighted by Gasteiger charge is -2.19. The van der Waals surface area contributed by atoms with Crippen LogP contribution in [0.15, 0.2) is 31.9 Å². The lowest BCUT2D eigenvalue weighted by atomic mass is 10.2. The van der Waals surface area contributed by atoms with E-state index >= 15 is 0 Å². The largest absolute Gasteiger partial charge is 0.465 e. The van der Waals surface area contributed by atoms with E-state index < -0.39 is 23.9 Å². The van der Waals surface area contributed by atoms with Gasteiger partial charge in [-0.25, -0.2) is 14.2 Å². The standard InChI is InChI=1S/C15H11BrFN3O4/c16-6-1-2-10-8(3-6)11-12(24-10)14(21)19-13(18-11)9-4-7(17)5-20(9)15(22)23/h1-3,7,9H,4-5H2,(H,22,23)(H,18,19,21). The van der Waals surface area contributed by atoms with Crippen molar-refractivity contribution in [1.29, 1.82) is 0 Å². The van der Waals surface area contributed by atoms with Crippen molar-refractivity contribution in [2.75, 3.05) is 6.54 Å². The molecule has 0 aliphatic carbocycles. The van der Waals surface area contributed by atoms with E-state index in [-0.39, 0.29) is 24.4 Å². The Morgan fingerprint density at radius 3 is 3.04 bits per heavy atom. The van der Waals surface area contributed by atoms with Gasteiger partial charge in [-0.05, 0) is 18.2 Å². The summed E-state index contributed by atoms with van der Waals surface area (Å²) in [4.78, 5) is 31.5. The van der Waals surface area contributed by atoms with Crippen LogP contribution in [0, 0.1) is 0 Å². The Kier molecular flexibility index (Phi) is 3.34. The van der Waals surface area contributed by atoms with E-state index in [0.29, 0.717) is 16.5 Å². The third-order valence-electron chi connectivity index (χ3n) is 4.12. The zero-order valence-electron chi connectivity index (χ0n) is 12.1. The fraction of sp³-hybridized carbons (Fsp3) is 0.267. The van der Waals surface area contributed by atoms with Crippen LogP contribution in [-0.4, -0.2) is 38.8 Å². The number of aromatic nitrogens is 2. The number of benzene rings is 1. The fourth-order valence-electron chi connectivity index (χ4n) is 3.06. The number of nitrogens with zero attached hydrogens (tertiary/aromatic N) is 2. The summed E-state index contributed by atoms with van der Waals surface area (Å²) < 4.78 is 20.0. The fourth-order valence-corrected chi connectivity index (χ4v) is 3.42. The van der Waals surface area contributed by atoms with E-state index in [2.05, 4.69) is 25.9 Å². The van der Waals surface area contributed by atoms with Gasteiger partial charge >= 0.3 is 6.09 Å². The van der Waals surface area contributed by atoms with Crippen molar-refractivity contribution in [1.82, 2.24) is 14.9 Å². The number of fused-ring (bicyclic) bond motifs is 3. The second kappa shape index (κ2) is 5.30. The van der Waals surface area contributed by atoms with Crippen molar-refractivity contribution < 1.29 is 18.7 Å². The normalized spacial score (nSPS) is 21.0. The van der Waals surface area contributed by atoms with Gasteiger partial charge in [0.2, 0.25) is 5.58 Å². The van der Waals surface area contributed by atoms with Gasteiger partial charge in [0.15, 0.2) is 0 Å². The predicted octanol–water partition coefficient (Wildman–Crippen LogP) is 3.19. The van der Waals surface area contributed by atoms with Crippen LogP contribution in [0.1, 0.15) is 18.3 Å². The molecule has 24 heavy (non-hydrogen) atoms. The molecule has 1 saturated heterocycles. The van der Waals surface area contributed by atoms with Crippen molar-refractivity contribution in [2.45, 2.75) is 18.6 Å². The van der Waals surface area contributed by atoms with E-state index in [9.17, 15) is 19.1 Å². The summed E-state index contributed by atoms with van der Waals surface area (Å²) in [6, 6.07) is 4.42.